The van der Waals surface area contributed by atoms with Crippen molar-refractivity contribution in [2.24, 2.45) is 4.99 Å². The molecule has 1 unspecified atom stereocenters. The number of allylic oxidation sites excluding steroid dienone is 1. The van der Waals surface area contributed by atoms with Gasteiger partial charge in [-0.15, -0.1) is 0 Å². The van der Waals surface area contributed by atoms with Gasteiger partial charge in [0.25, 0.3) is 5.56 Å². The van der Waals surface area contributed by atoms with Gasteiger partial charge in [0.2, 0.25) is 0 Å². The lowest BCUT2D eigenvalue weighted by atomic mass is 9.95. The lowest BCUT2D eigenvalue weighted by Crippen LogP contribution is -2.40. The van der Waals surface area contributed by atoms with Crippen LogP contribution in [0.3, 0.4) is 0 Å². The highest BCUT2D eigenvalue weighted by atomic mass is 79.9. The van der Waals surface area contributed by atoms with E-state index in [1.807, 2.05) is 48.5 Å². The molecule has 11 heteroatoms. The van der Waals surface area contributed by atoms with E-state index < -0.39 is 12.0 Å². The molecule has 1 atom stereocenters. The van der Waals surface area contributed by atoms with E-state index in [0.29, 0.717) is 50.0 Å². The molecule has 0 saturated carbocycles. The summed E-state index contributed by atoms with van der Waals surface area (Å²) in [6.45, 7) is 4.09. The number of nitrogens with zero attached hydrogens (tertiary/aromatic N) is 2. The molecule has 8 nitrogen and oxygen atoms in total. The molecule has 0 fully saturated rings. The first kappa shape index (κ1) is 30.8. The van der Waals surface area contributed by atoms with Crippen molar-refractivity contribution >= 4 is 55.2 Å². The maximum absolute atomic E-state index is 14.0. The van der Waals surface area contributed by atoms with Gasteiger partial charge >= 0.3 is 5.97 Å². The summed E-state index contributed by atoms with van der Waals surface area (Å²) in [5, 5.41) is 0. The molecular formula is C32H28Br2N2O6S. The summed E-state index contributed by atoms with van der Waals surface area (Å²) in [5.74, 6) is 1.14. The molecule has 5 rings (SSSR count). The molecule has 1 aliphatic heterocycles. The van der Waals surface area contributed by atoms with Gasteiger partial charge in [-0.2, -0.15) is 0 Å². The maximum atomic E-state index is 14.0. The smallest absolute Gasteiger partial charge is 0.338 e. The fourth-order valence-electron chi connectivity index (χ4n) is 4.81. The molecular weight excluding hydrogens is 700 g/mol. The van der Waals surface area contributed by atoms with Gasteiger partial charge in [0, 0.05) is 0 Å². The zero-order chi connectivity index (χ0) is 30.7. The minimum atomic E-state index is -0.774. The molecule has 0 saturated heterocycles. The number of carbonyl (C=O) groups excluding carboxylic acids is 1. The number of methoxy groups -OCH3 is 2. The van der Waals surface area contributed by atoms with Crippen molar-refractivity contribution in [3.8, 4) is 17.2 Å². The summed E-state index contributed by atoms with van der Waals surface area (Å²) in [6, 6.07) is 18.2. The van der Waals surface area contributed by atoms with Crippen LogP contribution in [0, 0.1) is 0 Å². The van der Waals surface area contributed by atoms with E-state index >= 15 is 0 Å². The number of carbonyl (C=O) groups is 1. The molecule has 0 N–H and O–H groups in total. The Morgan fingerprint density at radius 3 is 2.37 bits per heavy atom. The van der Waals surface area contributed by atoms with E-state index in [9.17, 15) is 9.59 Å². The highest BCUT2D eigenvalue weighted by molar-refractivity contribution is 9.11. The minimum Gasteiger partial charge on any atom is -0.493 e. The first-order valence-electron chi connectivity index (χ1n) is 13.3. The van der Waals surface area contributed by atoms with E-state index in [0.717, 1.165) is 20.1 Å². The maximum Gasteiger partial charge on any atom is 0.338 e. The van der Waals surface area contributed by atoms with E-state index in [1.54, 1.807) is 43.7 Å². The van der Waals surface area contributed by atoms with E-state index in [-0.39, 0.29) is 12.2 Å². The Hall–Kier alpha value is -3.67. The first-order valence-corrected chi connectivity index (χ1v) is 15.7. The summed E-state index contributed by atoms with van der Waals surface area (Å²) in [4.78, 5) is 32.3. The second-order valence-corrected chi connectivity index (χ2v) is 12.2. The van der Waals surface area contributed by atoms with Crippen LogP contribution in [0.5, 0.6) is 17.2 Å². The van der Waals surface area contributed by atoms with Crippen molar-refractivity contribution in [3.05, 3.63) is 117 Å². The number of esters is 1. The van der Waals surface area contributed by atoms with Crippen LogP contribution < -0.4 is 29.1 Å². The van der Waals surface area contributed by atoms with Gasteiger partial charge in [0.05, 0.1) is 51.6 Å². The summed E-state index contributed by atoms with van der Waals surface area (Å²) < 4.78 is 25.9. The van der Waals surface area contributed by atoms with Gasteiger partial charge in [-0.1, -0.05) is 47.7 Å². The van der Waals surface area contributed by atoms with Crippen molar-refractivity contribution in [2.45, 2.75) is 26.5 Å². The fourth-order valence-corrected chi connectivity index (χ4v) is 7.31. The van der Waals surface area contributed by atoms with Crippen molar-refractivity contribution in [1.82, 2.24) is 4.57 Å². The zero-order valence-corrected chi connectivity index (χ0v) is 27.8. The molecule has 0 spiro atoms. The number of aromatic nitrogens is 1. The molecule has 0 amide bonds. The summed E-state index contributed by atoms with van der Waals surface area (Å²) in [6.07, 6.45) is 1.80. The first-order chi connectivity index (χ1) is 20.7. The topological polar surface area (TPSA) is 88.4 Å². The van der Waals surface area contributed by atoms with Crippen LogP contribution in [-0.4, -0.2) is 31.4 Å². The zero-order valence-electron chi connectivity index (χ0n) is 23.9. The van der Waals surface area contributed by atoms with Crippen LogP contribution in [0.4, 0.5) is 0 Å². The van der Waals surface area contributed by atoms with Gasteiger partial charge in [-0.25, -0.2) is 9.79 Å². The van der Waals surface area contributed by atoms with Gasteiger partial charge in [0.15, 0.2) is 16.3 Å². The number of rotatable bonds is 9. The fraction of sp³-hybridized carbons (Fsp3) is 0.219. The number of benzene rings is 3. The van der Waals surface area contributed by atoms with Gasteiger partial charge in [-0.3, -0.25) is 9.36 Å². The number of fused-ring (bicyclic) bond motifs is 1. The Bertz CT molecular complexity index is 1880. The van der Waals surface area contributed by atoms with Crippen LogP contribution >= 0.6 is 43.2 Å². The van der Waals surface area contributed by atoms with Crippen LogP contribution in [0.25, 0.3) is 6.08 Å². The third-order valence-electron chi connectivity index (χ3n) is 6.78. The molecule has 222 valence electrons. The predicted octanol–water partition coefficient (Wildman–Crippen LogP) is 5.92. The Balaban J connectivity index is 1.59. The van der Waals surface area contributed by atoms with E-state index in [4.69, 9.17) is 18.9 Å². The predicted molar refractivity (Wildman–Crippen MR) is 173 cm³/mol. The number of halogens is 2. The average Bonchev–Trinajstić information content (AvgIpc) is 3.29. The normalized spacial score (nSPS) is 14.7. The second-order valence-electron chi connectivity index (χ2n) is 9.50. The quantitative estimate of drug-likeness (QED) is 0.199. The molecule has 43 heavy (non-hydrogen) atoms. The van der Waals surface area contributed by atoms with Gasteiger partial charge < -0.3 is 18.9 Å². The van der Waals surface area contributed by atoms with Crippen LogP contribution in [0.1, 0.15) is 36.6 Å². The minimum absolute atomic E-state index is 0.188. The van der Waals surface area contributed by atoms with Crippen molar-refractivity contribution < 1.29 is 23.7 Å². The van der Waals surface area contributed by atoms with Gasteiger partial charge in [0.1, 0.15) is 12.4 Å². The van der Waals surface area contributed by atoms with Crippen molar-refractivity contribution in [3.63, 3.8) is 0 Å². The van der Waals surface area contributed by atoms with Crippen LogP contribution in [0.15, 0.2) is 90.7 Å². The highest BCUT2D eigenvalue weighted by Crippen LogP contribution is 2.37. The Kier molecular flexibility index (Phi) is 9.53. The van der Waals surface area contributed by atoms with Gasteiger partial charge in [-0.05, 0) is 92.7 Å². The Morgan fingerprint density at radius 1 is 1.02 bits per heavy atom. The third kappa shape index (κ3) is 6.34. The second kappa shape index (κ2) is 13.3. The molecule has 0 aliphatic carbocycles. The lowest BCUT2D eigenvalue weighted by Gasteiger charge is -2.25. The molecule has 3 aromatic carbocycles. The largest absolute Gasteiger partial charge is 0.493 e. The van der Waals surface area contributed by atoms with Crippen LogP contribution in [-0.2, 0) is 16.1 Å². The number of ether oxygens (including phenoxy) is 4. The monoisotopic (exact) mass is 726 g/mol. The SMILES string of the molecule is CCOC(=O)C1=C(C)N=c2s/c(=C\c3cc(Br)c(OCc4ccccc4)c(Br)c3)c(=O)n2C1c1ccc(OC)c(OC)c1. The average molecular weight is 728 g/mol. The molecule has 1 aromatic heterocycles. The van der Waals surface area contributed by atoms with E-state index in [2.05, 4.69) is 36.9 Å². The number of hydrogen-bond acceptors (Lipinski definition) is 8. The molecule has 0 radical (unpaired) electrons. The van der Waals surface area contributed by atoms with Crippen molar-refractivity contribution in [1.29, 1.82) is 0 Å². The Morgan fingerprint density at radius 2 is 1.72 bits per heavy atom. The lowest BCUT2D eigenvalue weighted by molar-refractivity contribution is -0.139. The molecule has 1 aliphatic rings. The molecule has 2 heterocycles. The Labute approximate surface area is 269 Å². The standard InChI is InChI=1S/C32H28Br2N2O6S/c1-5-41-31(38)27-18(2)35-32-36(28(27)21-11-12-24(39-3)25(16-21)40-4)30(37)26(43-32)15-20-13-22(33)29(23(34)14-20)42-17-19-9-7-6-8-10-19/h6-16,28H,5,17H2,1-4H3/b26-15-. The number of thiazole rings is 1. The molecule has 0 bridgehead atoms. The van der Waals surface area contributed by atoms with Crippen LogP contribution in [0.2, 0.25) is 0 Å². The summed E-state index contributed by atoms with van der Waals surface area (Å²) in [7, 11) is 3.09. The highest BCUT2D eigenvalue weighted by Gasteiger charge is 2.34. The molecule has 4 aromatic rings. The number of hydrogen-bond donors (Lipinski definition) is 0. The van der Waals surface area contributed by atoms with E-state index in [1.165, 1.54) is 18.4 Å². The summed E-state index contributed by atoms with van der Waals surface area (Å²) in [5.41, 5.74) is 2.98. The van der Waals surface area contributed by atoms with Crippen molar-refractivity contribution in [2.75, 3.05) is 20.8 Å². The summed E-state index contributed by atoms with van der Waals surface area (Å²) >= 11 is 8.49. The third-order valence-corrected chi connectivity index (χ3v) is 8.95.